The van der Waals surface area contributed by atoms with Gasteiger partial charge in [0.15, 0.2) is 0 Å². The normalized spacial score (nSPS) is 20.4. The molecule has 1 rings (SSSR count). The predicted molar refractivity (Wildman–Crippen MR) is 67.2 cm³/mol. The van der Waals surface area contributed by atoms with Crippen LogP contribution in [0.15, 0.2) is 11.9 Å². The molecule has 1 atom stereocenters. The Hall–Kier alpha value is -1.90. The summed E-state index contributed by atoms with van der Waals surface area (Å²) in [5.74, 6) is 0.436. The molecule has 1 aliphatic rings. The van der Waals surface area contributed by atoms with E-state index in [0.717, 1.165) is 13.0 Å². The van der Waals surface area contributed by atoms with Crippen molar-refractivity contribution >= 4 is 6.09 Å². The first-order chi connectivity index (χ1) is 8.31. The molecule has 0 saturated carbocycles. The standard InChI is InChI=1S/C12H20N4O2/c1-12(2,3)18-11(17)15-9-5-7-16(8-9)10(14)4-6-13/h4,9H,5,7-8,14H2,1-3H3,(H,15,17)/b10-4+/t9-/m0/s1. The second kappa shape index (κ2) is 5.63. The summed E-state index contributed by atoms with van der Waals surface area (Å²) in [7, 11) is 0. The van der Waals surface area contributed by atoms with Gasteiger partial charge in [-0.1, -0.05) is 0 Å². The maximum absolute atomic E-state index is 11.6. The highest BCUT2D eigenvalue weighted by atomic mass is 16.6. The highest BCUT2D eigenvalue weighted by Crippen LogP contribution is 2.13. The van der Waals surface area contributed by atoms with Crippen LogP contribution >= 0.6 is 0 Å². The van der Waals surface area contributed by atoms with E-state index in [1.807, 2.05) is 31.7 Å². The Morgan fingerprint density at radius 2 is 2.28 bits per heavy atom. The number of amides is 1. The summed E-state index contributed by atoms with van der Waals surface area (Å²) in [5, 5.41) is 11.3. The van der Waals surface area contributed by atoms with Crippen molar-refractivity contribution in [3.63, 3.8) is 0 Å². The molecule has 0 aromatic heterocycles. The van der Waals surface area contributed by atoms with Gasteiger partial charge in [0.2, 0.25) is 0 Å². The lowest BCUT2D eigenvalue weighted by Gasteiger charge is -2.22. The molecule has 1 fully saturated rings. The van der Waals surface area contributed by atoms with E-state index in [1.165, 1.54) is 6.08 Å². The zero-order valence-electron chi connectivity index (χ0n) is 11.1. The van der Waals surface area contributed by atoms with Gasteiger partial charge in [0.25, 0.3) is 0 Å². The van der Waals surface area contributed by atoms with Crippen LogP contribution in [0.4, 0.5) is 4.79 Å². The minimum atomic E-state index is -0.498. The number of likely N-dealkylation sites (tertiary alicyclic amines) is 1. The number of hydrogen-bond acceptors (Lipinski definition) is 5. The number of ether oxygens (including phenoxy) is 1. The van der Waals surface area contributed by atoms with Crippen LogP contribution in [0.3, 0.4) is 0 Å². The molecule has 18 heavy (non-hydrogen) atoms. The lowest BCUT2D eigenvalue weighted by molar-refractivity contribution is 0.0506. The number of hydrogen-bond donors (Lipinski definition) is 2. The number of nitriles is 1. The SMILES string of the molecule is CC(C)(C)OC(=O)N[C@H]1CCN(/C(N)=C/C#N)C1. The number of carbonyl (C=O) groups is 1. The molecule has 0 radical (unpaired) electrons. The lowest BCUT2D eigenvalue weighted by atomic mass is 10.2. The molecule has 0 aromatic carbocycles. The van der Waals surface area contributed by atoms with Gasteiger partial charge >= 0.3 is 6.09 Å². The fourth-order valence-corrected chi connectivity index (χ4v) is 1.74. The van der Waals surface area contributed by atoms with Crippen LogP contribution in [0.5, 0.6) is 0 Å². The molecule has 6 nitrogen and oxygen atoms in total. The van der Waals surface area contributed by atoms with E-state index in [9.17, 15) is 4.79 Å². The van der Waals surface area contributed by atoms with Crippen molar-refractivity contribution in [2.24, 2.45) is 5.73 Å². The van der Waals surface area contributed by atoms with Crippen molar-refractivity contribution in [2.75, 3.05) is 13.1 Å². The zero-order chi connectivity index (χ0) is 13.8. The van der Waals surface area contributed by atoms with Crippen molar-refractivity contribution in [1.29, 1.82) is 5.26 Å². The molecule has 6 heteroatoms. The molecule has 1 aliphatic heterocycles. The molecule has 0 aromatic rings. The molecule has 100 valence electrons. The van der Waals surface area contributed by atoms with Gasteiger partial charge in [-0.05, 0) is 27.2 Å². The van der Waals surface area contributed by atoms with Gasteiger partial charge in [-0.3, -0.25) is 0 Å². The maximum Gasteiger partial charge on any atom is 0.407 e. The van der Waals surface area contributed by atoms with Crippen LogP contribution in [-0.4, -0.2) is 35.7 Å². The van der Waals surface area contributed by atoms with E-state index in [2.05, 4.69) is 5.32 Å². The van der Waals surface area contributed by atoms with Crippen molar-refractivity contribution in [3.8, 4) is 6.07 Å². The van der Waals surface area contributed by atoms with Crippen molar-refractivity contribution in [3.05, 3.63) is 11.9 Å². The highest BCUT2D eigenvalue weighted by Gasteiger charge is 2.26. The zero-order valence-corrected chi connectivity index (χ0v) is 11.1. The molecule has 0 unspecified atom stereocenters. The van der Waals surface area contributed by atoms with Gasteiger partial charge in [-0.2, -0.15) is 5.26 Å². The lowest BCUT2D eigenvalue weighted by Crippen LogP contribution is -2.40. The molecular formula is C12H20N4O2. The number of allylic oxidation sites excluding steroid dienone is 1. The molecular weight excluding hydrogens is 232 g/mol. The summed E-state index contributed by atoms with van der Waals surface area (Å²) in [6.45, 7) is 6.79. The number of nitrogens with one attached hydrogen (secondary N) is 1. The maximum atomic E-state index is 11.6. The van der Waals surface area contributed by atoms with Gasteiger partial charge < -0.3 is 20.7 Å². The second-order valence-electron chi connectivity index (χ2n) is 5.28. The third-order valence-electron chi connectivity index (χ3n) is 2.49. The van der Waals surface area contributed by atoms with Crippen LogP contribution in [0, 0.1) is 11.3 Å². The van der Waals surface area contributed by atoms with Gasteiger partial charge in [-0.15, -0.1) is 0 Å². The van der Waals surface area contributed by atoms with E-state index < -0.39 is 11.7 Å². The number of nitrogens with zero attached hydrogens (tertiary/aromatic N) is 2. The van der Waals surface area contributed by atoms with E-state index in [0.29, 0.717) is 12.4 Å². The summed E-state index contributed by atoms with van der Waals surface area (Å²) in [4.78, 5) is 13.4. The summed E-state index contributed by atoms with van der Waals surface area (Å²) < 4.78 is 5.18. The van der Waals surface area contributed by atoms with Crippen molar-refractivity contribution in [2.45, 2.75) is 38.8 Å². The number of carbonyl (C=O) groups excluding carboxylic acids is 1. The summed E-state index contributed by atoms with van der Waals surface area (Å²) >= 11 is 0. The fourth-order valence-electron chi connectivity index (χ4n) is 1.74. The highest BCUT2D eigenvalue weighted by molar-refractivity contribution is 5.68. The van der Waals surface area contributed by atoms with E-state index >= 15 is 0 Å². The van der Waals surface area contributed by atoms with Gasteiger partial charge in [-0.25, -0.2) is 4.79 Å². The Morgan fingerprint density at radius 3 is 2.83 bits per heavy atom. The largest absolute Gasteiger partial charge is 0.444 e. The first-order valence-corrected chi connectivity index (χ1v) is 5.91. The molecule has 1 amide bonds. The second-order valence-corrected chi connectivity index (χ2v) is 5.28. The van der Waals surface area contributed by atoms with E-state index in [-0.39, 0.29) is 6.04 Å². The third-order valence-corrected chi connectivity index (χ3v) is 2.49. The molecule has 0 bridgehead atoms. The molecule has 0 spiro atoms. The van der Waals surface area contributed by atoms with Crippen molar-refractivity contribution < 1.29 is 9.53 Å². The van der Waals surface area contributed by atoms with Gasteiger partial charge in [0.1, 0.15) is 11.4 Å². The first-order valence-electron chi connectivity index (χ1n) is 5.91. The van der Waals surface area contributed by atoms with Gasteiger partial charge in [0, 0.05) is 13.1 Å². The number of alkyl carbamates (subject to hydrolysis) is 1. The average molecular weight is 252 g/mol. The Labute approximate surface area is 107 Å². The minimum absolute atomic E-state index is 0.00509. The van der Waals surface area contributed by atoms with Crippen LogP contribution in [0.25, 0.3) is 0 Å². The molecule has 1 heterocycles. The van der Waals surface area contributed by atoms with E-state index in [1.54, 1.807) is 0 Å². The summed E-state index contributed by atoms with van der Waals surface area (Å²) in [6.07, 6.45) is 1.67. The predicted octanol–water partition coefficient (Wildman–Crippen LogP) is 0.909. The average Bonchev–Trinajstić information content (AvgIpc) is 2.63. The Morgan fingerprint density at radius 1 is 1.61 bits per heavy atom. The molecule has 1 saturated heterocycles. The minimum Gasteiger partial charge on any atom is -0.444 e. The smallest absolute Gasteiger partial charge is 0.407 e. The number of rotatable bonds is 2. The van der Waals surface area contributed by atoms with Crippen LogP contribution in [-0.2, 0) is 4.74 Å². The van der Waals surface area contributed by atoms with Crippen molar-refractivity contribution in [1.82, 2.24) is 10.2 Å². The Balaban J connectivity index is 2.42. The van der Waals surface area contributed by atoms with E-state index in [4.69, 9.17) is 15.7 Å². The topological polar surface area (TPSA) is 91.4 Å². The Bertz CT molecular complexity index is 379. The van der Waals surface area contributed by atoms with Crippen LogP contribution in [0.2, 0.25) is 0 Å². The van der Waals surface area contributed by atoms with Crippen LogP contribution < -0.4 is 11.1 Å². The molecule has 0 aliphatic carbocycles. The summed E-state index contributed by atoms with van der Waals surface area (Å²) in [6, 6.07) is 1.90. The quantitative estimate of drug-likeness (QED) is 0.713. The fraction of sp³-hybridized carbons (Fsp3) is 0.667. The Kier molecular flexibility index (Phi) is 4.43. The third kappa shape index (κ3) is 4.53. The number of nitrogens with two attached hydrogens (primary N) is 1. The van der Waals surface area contributed by atoms with Crippen LogP contribution in [0.1, 0.15) is 27.2 Å². The molecule has 3 N–H and O–H groups in total. The monoisotopic (exact) mass is 252 g/mol. The van der Waals surface area contributed by atoms with Gasteiger partial charge in [0.05, 0.1) is 18.2 Å². The summed E-state index contributed by atoms with van der Waals surface area (Å²) in [5.41, 5.74) is 5.21. The first kappa shape index (κ1) is 14.2.